The molecule has 0 aliphatic rings. The predicted molar refractivity (Wildman–Crippen MR) is 62.3 cm³/mol. The molecule has 1 amide bonds. The molecule has 0 aromatic carbocycles. The molecule has 0 aliphatic carbocycles. The smallest absolute Gasteiger partial charge is 0.250 e. The van der Waals surface area contributed by atoms with Gasteiger partial charge in [-0.25, -0.2) is 4.98 Å². The average molecular weight is 224 g/mol. The molecule has 0 saturated carbocycles. The van der Waals surface area contributed by atoms with Crippen LogP contribution >= 0.6 is 0 Å². The van der Waals surface area contributed by atoms with Gasteiger partial charge in [-0.1, -0.05) is 0 Å². The number of primary amides is 1. The van der Waals surface area contributed by atoms with Crippen molar-refractivity contribution in [1.82, 2.24) is 4.98 Å². The summed E-state index contributed by atoms with van der Waals surface area (Å²) < 4.78 is 4.95. The van der Waals surface area contributed by atoms with Crippen molar-refractivity contribution in [1.29, 1.82) is 0 Å². The van der Waals surface area contributed by atoms with Crippen molar-refractivity contribution in [2.45, 2.75) is 0 Å². The van der Waals surface area contributed by atoms with Gasteiger partial charge < -0.3 is 21.1 Å². The number of aromatic nitrogens is 1. The molecule has 16 heavy (non-hydrogen) atoms. The zero-order valence-electron chi connectivity index (χ0n) is 9.43. The van der Waals surface area contributed by atoms with E-state index in [1.54, 1.807) is 13.2 Å². The monoisotopic (exact) mass is 224 g/mol. The Hall–Kier alpha value is -1.82. The third-order valence-electron chi connectivity index (χ3n) is 2.21. The van der Waals surface area contributed by atoms with Crippen LogP contribution in [0, 0.1) is 0 Å². The maximum absolute atomic E-state index is 11.1. The average Bonchev–Trinajstić information content (AvgIpc) is 2.26. The number of likely N-dealkylation sites (N-methyl/N-ethyl adjacent to an activating group) is 1. The van der Waals surface area contributed by atoms with Crippen LogP contribution in [0.3, 0.4) is 0 Å². The van der Waals surface area contributed by atoms with Crippen LogP contribution in [0.1, 0.15) is 10.4 Å². The molecule has 1 aromatic rings. The van der Waals surface area contributed by atoms with Gasteiger partial charge >= 0.3 is 0 Å². The highest BCUT2D eigenvalue weighted by Gasteiger charge is 2.10. The number of hydrogen-bond acceptors (Lipinski definition) is 5. The summed E-state index contributed by atoms with van der Waals surface area (Å²) in [6, 6.07) is 1.58. The third kappa shape index (κ3) is 2.83. The molecule has 0 spiro atoms. The second-order valence-electron chi connectivity index (χ2n) is 3.41. The number of rotatable bonds is 5. The van der Waals surface area contributed by atoms with Crippen molar-refractivity contribution in [3.8, 4) is 0 Å². The molecule has 1 heterocycles. The van der Waals surface area contributed by atoms with Gasteiger partial charge in [0.1, 0.15) is 5.82 Å². The van der Waals surface area contributed by atoms with Crippen molar-refractivity contribution in [3.63, 3.8) is 0 Å². The fourth-order valence-corrected chi connectivity index (χ4v) is 1.22. The Labute approximate surface area is 94.2 Å². The Bertz CT molecular complexity index is 381. The number of hydrogen-bond donors (Lipinski definition) is 2. The predicted octanol–water partition coefficient (Wildman–Crippen LogP) is -0.155. The third-order valence-corrected chi connectivity index (χ3v) is 2.21. The molecule has 1 rings (SSSR count). The van der Waals surface area contributed by atoms with Crippen LogP contribution in [0.25, 0.3) is 0 Å². The maximum atomic E-state index is 11.1. The fraction of sp³-hybridized carbons (Fsp3) is 0.400. The quantitative estimate of drug-likeness (QED) is 0.725. The van der Waals surface area contributed by atoms with E-state index in [1.807, 2.05) is 11.9 Å². The van der Waals surface area contributed by atoms with Crippen LogP contribution in [-0.4, -0.2) is 38.2 Å². The standard InChI is InChI=1S/C10H16N4O2/c1-14(3-4-16-2)9-5-7(10(12)15)8(11)6-13-9/h5-6H,3-4,11H2,1-2H3,(H2,12,15). The number of nitrogens with zero attached hydrogens (tertiary/aromatic N) is 2. The Balaban J connectivity index is 2.89. The summed E-state index contributed by atoms with van der Waals surface area (Å²) in [6.45, 7) is 1.25. The summed E-state index contributed by atoms with van der Waals surface area (Å²) in [5.41, 5.74) is 11.4. The van der Waals surface area contributed by atoms with Gasteiger partial charge in [0.25, 0.3) is 5.91 Å². The first-order valence-corrected chi connectivity index (χ1v) is 4.81. The van der Waals surface area contributed by atoms with Crippen LogP contribution in [0.5, 0.6) is 0 Å². The number of nitrogen functional groups attached to an aromatic ring is 1. The molecule has 4 N–H and O–H groups in total. The molecule has 0 unspecified atom stereocenters. The molecule has 0 saturated heterocycles. The fourth-order valence-electron chi connectivity index (χ4n) is 1.22. The molecule has 1 aromatic heterocycles. The summed E-state index contributed by atoms with van der Waals surface area (Å²) in [5.74, 6) is 0.0846. The minimum atomic E-state index is -0.554. The number of anilines is 2. The number of nitrogens with two attached hydrogens (primary N) is 2. The lowest BCUT2D eigenvalue weighted by Crippen LogP contribution is -2.24. The summed E-state index contributed by atoms with van der Waals surface area (Å²) in [4.78, 5) is 17.1. The van der Waals surface area contributed by atoms with Gasteiger partial charge in [-0.2, -0.15) is 0 Å². The largest absolute Gasteiger partial charge is 0.397 e. The molecule has 0 fully saturated rings. The van der Waals surface area contributed by atoms with Crippen LogP contribution in [0.15, 0.2) is 12.3 Å². The van der Waals surface area contributed by atoms with Crippen molar-refractivity contribution in [2.75, 3.05) is 37.9 Å². The molecule has 6 nitrogen and oxygen atoms in total. The number of ether oxygens (including phenoxy) is 1. The van der Waals surface area contributed by atoms with Crippen LogP contribution in [0.2, 0.25) is 0 Å². The highest BCUT2D eigenvalue weighted by Crippen LogP contribution is 2.16. The highest BCUT2D eigenvalue weighted by molar-refractivity contribution is 5.98. The van der Waals surface area contributed by atoms with Crippen molar-refractivity contribution >= 4 is 17.4 Å². The van der Waals surface area contributed by atoms with E-state index >= 15 is 0 Å². The summed E-state index contributed by atoms with van der Waals surface area (Å²) in [7, 11) is 3.47. The lowest BCUT2D eigenvalue weighted by Gasteiger charge is -2.18. The molecular formula is C10H16N4O2. The van der Waals surface area contributed by atoms with Gasteiger partial charge in [0.15, 0.2) is 0 Å². The Kier molecular flexibility index (Phi) is 4.07. The first-order valence-electron chi connectivity index (χ1n) is 4.81. The highest BCUT2D eigenvalue weighted by atomic mass is 16.5. The molecule has 0 radical (unpaired) electrons. The molecule has 0 bridgehead atoms. The van der Waals surface area contributed by atoms with E-state index < -0.39 is 5.91 Å². The molecule has 88 valence electrons. The lowest BCUT2D eigenvalue weighted by molar-refractivity contribution is 0.100. The van der Waals surface area contributed by atoms with E-state index in [1.165, 1.54) is 6.20 Å². The molecule has 6 heteroatoms. The van der Waals surface area contributed by atoms with Gasteiger partial charge in [-0.3, -0.25) is 4.79 Å². The minimum absolute atomic E-state index is 0.286. The van der Waals surface area contributed by atoms with Crippen molar-refractivity contribution in [3.05, 3.63) is 17.8 Å². The van der Waals surface area contributed by atoms with E-state index in [0.717, 1.165) is 0 Å². The van der Waals surface area contributed by atoms with Gasteiger partial charge in [0.2, 0.25) is 0 Å². The summed E-state index contributed by atoms with van der Waals surface area (Å²) >= 11 is 0. The first kappa shape index (κ1) is 12.3. The lowest BCUT2D eigenvalue weighted by atomic mass is 10.2. The van der Waals surface area contributed by atoms with Crippen molar-refractivity contribution < 1.29 is 9.53 Å². The van der Waals surface area contributed by atoms with Crippen LogP contribution in [-0.2, 0) is 4.74 Å². The second-order valence-corrected chi connectivity index (χ2v) is 3.41. The van der Waals surface area contributed by atoms with E-state index in [4.69, 9.17) is 16.2 Å². The first-order chi connectivity index (χ1) is 7.56. The Morgan fingerprint density at radius 2 is 2.31 bits per heavy atom. The number of carbonyl (C=O) groups excluding carboxylic acids is 1. The van der Waals surface area contributed by atoms with Gasteiger partial charge in [0.05, 0.1) is 24.1 Å². The van der Waals surface area contributed by atoms with Crippen LogP contribution < -0.4 is 16.4 Å². The Morgan fingerprint density at radius 3 is 2.88 bits per heavy atom. The van der Waals surface area contributed by atoms with Gasteiger partial charge in [0, 0.05) is 20.7 Å². The zero-order valence-corrected chi connectivity index (χ0v) is 9.43. The van der Waals surface area contributed by atoms with Gasteiger partial charge in [-0.05, 0) is 6.07 Å². The second kappa shape index (κ2) is 5.32. The molecule has 0 atom stereocenters. The van der Waals surface area contributed by atoms with Crippen LogP contribution in [0.4, 0.5) is 11.5 Å². The van der Waals surface area contributed by atoms with Crippen molar-refractivity contribution in [2.24, 2.45) is 5.73 Å². The van der Waals surface area contributed by atoms with Gasteiger partial charge in [-0.15, -0.1) is 0 Å². The summed E-state index contributed by atoms with van der Waals surface area (Å²) in [6.07, 6.45) is 1.43. The number of amides is 1. The minimum Gasteiger partial charge on any atom is -0.397 e. The normalized spacial score (nSPS) is 10.1. The SMILES string of the molecule is COCCN(C)c1cc(C(N)=O)c(N)cn1. The van der Waals surface area contributed by atoms with E-state index in [0.29, 0.717) is 19.0 Å². The number of carbonyl (C=O) groups is 1. The zero-order chi connectivity index (χ0) is 12.1. The maximum Gasteiger partial charge on any atom is 0.250 e. The molecule has 0 aliphatic heterocycles. The topological polar surface area (TPSA) is 94.5 Å². The van der Waals surface area contributed by atoms with E-state index in [9.17, 15) is 4.79 Å². The summed E-state index contributed by atoms with van der Waals surface area (Å²) in [5, 5.41) is 0. The Morgan fingerprint density at radius 1 is 1.62 bits per heavy atom. The van der Waals surface area contributed by atoms with E-state index in [2.05, 4.69) is 4.98 Å². The van der Waals surface area contributed by atoms with E-state index in [-0.39, 0.29) is 11.3 Å². The molecular weight excluding hydrogens is 208 g/mol. The number of pyridine rings is 1. The number of methoxy groups -OCH3 is 1.